The zero-order chi connectivity index (χ0) is 21.2. The van der Waals surface area contributed by atoms with Gasteiger partial charge in [-0.15, -0.1) is 0 Å². The molecule has 0 radical (unpaired) electrons. The Morgan fingerprint density at radius 2 is 1.77 bits per heavy atom. The van der Waals surface area contributed by atoms with Crippen LogP contribution < -0.4 is 15.0 Å². The Kier molecular flexibility index (Phi) is 5.22. The van der Waals surface area contributed by atoms with Crippen LogP contribution in [0.1, 0.15) is 0 Å². The van der Waals surface area contributed by atoms with Gasteiger partial charge in [-0.25, -0.2) is 4.98 Å². The van der Waals surface area contributed by atoms with Crippen molar-refractivity contribution < 1.29 is 9.15 Å². The highest BCUT2D eigenvalue weighted by Crippen LogP contribution is 2.35. The molecule has 1 fully saturated rings. The van der Waals surface area contributed by atoms with E-state index in [0.717, 1.165) is 71.3 Å². The number of aromatic nitrogens is 1. The molecule has 1 aliphatic heterocycles. The molecule has 6 nitrogen and oxygen atoms in total. The second kappa shape index (κ2) is 8.32. The first-order chi connectivity index (χ1) is 15.2. The van der Waals surface area contributed by atoms with Gasteiger partial charge in [-0.1, -0.05) is 30.3 Å². The quantitative estimate of drug-likeness (QED) is 0.496. The van der Waals surface area contributed by atoms with Gasteiger partial charge in [-0.3, -0.25) is 0 Å². The summed E-state index contributed by atoms with van der Waals surface area (Å²) in [5.74, 6) is 0.864. The average Bonchev–Trinajstić information content (AvgIpc) is 3.29. The van der Waals surface area contributed by atoms with Crippen LogP contribution in [0.5, 0.6) is 5.75 Å². The highest BCUT2D eigenvalue weighted by atomic mass is 16.5. The van der Waals surface area contributed by atoms with E-state index < -0.39 is 0 Å². The van der Waals surface area contributed by atoms with E-state index in [1.807, 2.05) is 36.4 Å². The lowest BCUT2D eigenvalue weighted by atomic mass is 10.1. The fourth-order valence-corrected chi connectivity index (χ4v) is 4.03. The summed E-state index contributed by atoms with van der Waals surface area (Å²) in [7, 11) is 3.89. The van der Waals surface area contributed by atoms with Crippen molar-refractivity contribution in [3.8, 4) is 17.0 Å². The van der Waals surface area contributed by atoms with Gasteiger partial charge >= 0.3 is 0 Å². The molecule has 0 saturated carbocycles. The normalized spacial score (nSPS) is 14.7. The largest absolute Gasteiger partial charge is 0.495 e. The average molecular weight is 415 g/mol. The van der Waals surface area contributed by atoms with E-state index in [4.69, 9.17) is 14.1 Å². The van der Waals surface area contributed by atoms with Gasteiger partial charge in [0.05, 0.1) is 30.4 Å². The summed E-state index contributed by atoms with van der Waals surface area (Å²) < 4.78 is 11.5. The molecule has 2 aromatic heterocycles. The van der Waals surface area contributed by atoms with Crippen LogP contribution in [0.25, 0.3) is 22.4 Å². The number of nitrogens with one attached hydrogen (secondary N) is 1. The van der Waals surface area contributed by atoms with Gasteiger partial charge in [-0.2, -0.15) is 0 Å². The lowest BCUT2D eigenvalue weighted by Gasteiger charge is -2.34. The van der Waals surface area contributed by atoms with Crippen molar-refractivity contribution in [1.29, 1.82) is 0 Å². The highest BCUT2D eigenvalue weighted by molar-refractivity contribution is 5.91. The molecule has 5 rings (SSSR count). The molecule has 158 valence electrons. The van der Waals surface area contributed by atoms with E-state index in [1.54, 1.807) is 13.4 Å². The fourth-order valence-electron chi connectivity index (χ4n) is 4.03. The molecule has 6 heteroatoms. The van der Waals surface area contributed by atoms with Crippen molar-refractivity contribution >= 4 is 28.2 Å². The van der Waals surface area contributed by atoms with Crippen LogP contribution in [0.15, 0.2) is 71.3 Å². The fraction of sp³-hybridized carbons (Fsp3) is 0.240. The molecule has 0 atom stereocenters. The molecule has 3 heterocycles. The number of furan rings is 1. The predicted molar refractivity (Wildman–Crippen MR) is 125 cm³/mol. The first-order valence-corrected chi connectivity index (χ1v) is 10.5. The number of benzene rings is 2. The van der Waals surface area contributed by atoms with Gasteiger partial charge in [0.2, 0.25) is 0 Å². The van der Waals surface area contributed by atoms with E-state index in [9.17, 15) is 0 Å². The van der Waals surface area contributed by atoms with Crippen molar-refractivity contribution in [2.75, 3.05) is 50.6 Å². The standard InChI is InChI=1S/C25H26N4O2/c1-28-11-13-29(14-12-28)23-9-8-19(16-24(23)30-2)26-22-17-21(18-6-4-3-5-7-18)27-20-10-15-31-25(20)22/h3-10,15-17H,11-14H2,1-2H3,(H,26,27). The summed E-state index contributed by atoms with van der Waals surface area (Å²) in [6, 6.07) is 20.4. The van der Waals surface area contributed by atoms with Crippen molar-refractivity contribution in [3.05, 3.63) is 66.9 Å². The van der Waals surface area contributed by atoms with E-state index in [-0.39, 0.29) is 0 Å². The molecule has 1 saturated heterocycles. The van der Waals surface area contributed by atoms with Gasteiger partial charge in [0.15, 0.2) is 5.58 Å². The number of rotatable bonds is 5. The number of hydrogen-bond donors (Lipinski definition) is 1. The summed E-state index contributed by atoms with van der Waals surface area (Å²) >= 11 is 0. The van der Waals surface area contributed by atoms with E-state index in [0.29, 0.717) is 0 Å². The first kappa shape index (κ1) is 19.5. The summed E-state index contributed by atoms with van der Waals surface area (Å²) in [5, 5.41) is 3.51. The zero-order valence-electron chi connectivity index (χ0n) is 17.8. The molecule has 4 aromatic rings. The predicted octanol–water partition coefficient (Wildman–Crippen LogP) is 5.00. The van der Waals surface area contributed by atoms with Crippen LogP contribution >= 0.6 is 0 Å². The lowest BCUT2D eigenvalue weighted by Crippen LogP contribution is -2.44. The Bertz CT molecular complexity index is 1180. The van der Waals surface area contributed by atoms with Crippen LogP contribution in [0, 0.1) is 0 Å². The molecular weight excluding hydrogens is 388 g/mol. The number of hydrogen-bond acceptors (Lipinski definition) is 6. The smallest absolute Gasteiger partial charge is 0.175 e. The highest BCUT2D eigenvalue weighted by Gasteiger charge is 2.18. The monoisotopic (exact) mass is 414 g/mol. The van der Waals surface area contributed by atoms with Gasteiger partial charge in [-0.05, 0) is 25.2 Å². The Labute approximate surface area is 182 Å². The molecule has 1 aliphatic rings. The summed E-state index contributed by atoms with van der Waals surface area (Å²) in [5.41, 5.74) is 6.48. The molecule has 0 amide bonds. The minimum atomic E-state index is 0.738. The molecule has 31 heavy (non-hydrogen) atoms. The number of fused-ring (bicyclic) bond motifs is 1. The molecular formula is C25H26N4O2. The van der Waals surface area contributed by atoms with Crippen molar-refractivity contribution in [1.82, 2.24) is 9.88 Å². The second-order valence-corrected chi connectivity index (χ2v) is 7.86. The van der Waals surface area contributed by atoms with Crippen molar-refractivity contribution in [3.63, 3.8) is 0 Å². The Balaban J connectivity index is 1.47. The van der Waals surface area contributed by atoms with E-state index in [2.05, 4.69) is 46.4 Å². The van der Waals surface area contributed by atoms with Crippen LogP contribution in [0.3, 0.4) is 0 Å². The minimum absolute atomic E-state index is 0.738. The van der Waals surface area contributed by atoms with Crippen LogP contribution in [0.2, 0.25) is 0 Å². The van der Waals surface area contributed by atoms with Crippen LogP contribution in [-0.2, 0) is 0 Å². The van der Waals surface area contributed by atoms with E-state index in [1.165, 1.54) is 0 Å². The maximum Gasteiger partial charge on any atom is 0.175 e. The second-order valence-electron chi connectivity index (χ2n) is 7.86. The number of likely N-dealkylation sites (N-methyl/N-ethyl adjacent to an activating group) is 1. The molecule has 2 aromatic carbocycles. The first-order valence-electron chi connectivity index (χ1n) is 10.5. The van der Waals surface area contributed by atoms with Crippen LogP contribution in [-0.4, -0.2) is 50.2 Å². The number of anilines is 3. The molecule has 0 bridgehead atoms. The molecule has 1 N–H and O–H groups in total. The maximum atomic E-state index is 5.74. The summed E-state index contributed by atoms with van der Waals surface area (Å²) in [4.78, 5) is 9.48. The Morgan fingerprint density at radius 1 is 0.968 bits per heavy atom. The molecule has 0 spiro atoms. The number of methoxy groups -OCH3 is 1. The van der Waals surface area contributed by atoms with Gasteiger partial charge in [0.25, 0.3) is 0 Å². The zero-order valence-corrected chi connectivity index (χ0v) is 17.8. The number of ether oxygens (including phenoxy) is 1. The van der Waals surface area contributed by atoms with E-state index >= 15 is 0 Å². The van der Waals surface area contributed by atoms with Gasteiger partial charge < -0.3 is 24.3 Å². The van der Waals surface area contributed by atoms with Crippen molar-refractivity contribution in [2.45, 2.75) is 0 Å². The third-order valence-electron chi connectivity index (χ3n) is 5.78. The van der Waals surface area contributed by atoms with Gasteiger partial charge in [0, 0.05) is 49.6 Å². The van der Waals surface area contributed by atoms with Crippen molar-refractivity contribution in [2.24, 2.45) is 0 Å². The number of piperazine rings is 1. The Morgan fingerprint density at radius 3 is 2.55 bits per heavy atom. The topological polar surface area (TPSA) is 53.8 Å². The molecule has 0 aliphatic carbocycles. The third-order valence-corrected chi connectivity index (χ3v) is 5.78. The Hall–Kier alpha value is -3.51. The summed E-state index contributed by atoms with van der Waals surface area (Å²) in [6.45, 7) is 4.10. The lowest BCUT2D eigenvalue weighted by molar-refractivity contribution is 0.311. The minimum Gasteiger partial charge on any atom is -0.495 e. The number of pyridine rings is 1. The van der Waals surface area contributed by atoms with Crippen LogP contribution in [0.4, 0.5) is 17.1 Å². The third kappa shape index (κ3) is 3.94. The number of nitrogens with zero attached hydrogens (tertiary/aromatic N) is 3. The van der Waals surface area contributed by atoms with Gasteiger partial charge in [0.1, 0.15) is 11.3 Å². The molecule has 0 unspecified atom stereocenters. The SMILES string of the molecule is COc1cc(Nc2cc(-c3ccccc3)nc3ccoc23)ccc1N1CCN(C)CC1. The summed E-state index contributed by atoms with van der Waals surface area (Å²) in [6.07, 6.45) is 1.68. The maximum absolute atomic E-state index is 5.74.